The largest absolute Gasteiger partial charge is 0.369 e. The molecule has 0 bridgehead atoms. The Morgan fingerprint density at radius 2 is 1.55 bits per heavy atom. The van der Waals surface area contributed by atoms with Crippen molar-refractivity contribution in [2.45, 2.75) is 66.2 Å². The molecule has 1 unspecified atom stereocenters. The molecule has 1 aromatic carbocycles. The average molecular weight is 279 g/mol. The highest BCUT2D eigenvalue weighted by Crippen LogP contribution is 2.19. The van der Waals surface area contributed by atoms with Gasteiger partial charge >= 0.3 is 0 Å². The average Bonchev–Trinajstić information content (AvgIpc) is 2.48. The van der Waals surface area contributed by atoms with E-state index in [2.05, 4.69) is 38.1 Å². The zero-order valence-corrected chi connectivity index (χ0v) is 13.6. The second-order valence-electron chi connectivity index (χ2n) is 5.39. The Morgan fingerprint density at radius 1 is 1.15 bits per heavy atom. The molecule has 0 spiro atoms. The summed E-state index contributed by atoms with van der Waals surface area (Å²) in [6, 6.07) is 8.80. The predicted octanol–water partition coefficient (Wildman–Crippen LogP) is 4.75. The van der Waals surface area contributed by atoms with Gasteiger partial charge in [-0.1, -0.05) is 58.4 Å². The molecule has 0 fully saturated rings. The number of carbonyl (C=O) groups excluding carboxylic acids is 1. The third-order valence-corrected chi connectivity index (χ3v) is 3.36. The van der Waals surface area contributed by atoms with Crippen LogP contribution in [0.1, 0.15) is 65.9 Å². The molecule has 2 rings (SSSR count). The Labute approximate surface area is 126 Å². The smallest absolute Gasteiger partial charge is 0.220 e. The lowest BCUT2D eigenvalue weighted by Gasteiger charge is -2.13. The van der Waals surface area contributed by atoms with E-state index in [1.165, 1.54) is 32.1 Å². The third kappa shape index (κ3) is 7.98. The minimum Gasteiger partial charge on any atom is -0.369 e. The van der Waals surface area contributed by atoms with E-state index in [0.717, 1.165) is 6.42 Å². The first-order valence-electron chi connectivity index (χ1n) is 7.92. The third-order valence-electron chi connectivity index (χ3n) is 3.36. The molecule has 1 amide bonds. The van der Waals surface area contributed by atoms with Crippen molar-refractivity contribution in [3.05, 3.63) is 35.4 Å². The predicted molar refractivity (Wildman–Crippen MR) is 89.8 cm³/mol. The van der Waals surface area contributed by atoms with Gasteiger partial charge in [0.05, 0.1) is 0 Å². The Balaban J connectivity index is 0. The molecule has 1 atom stereocenters. The number of hydrogen-bond donors (Lipinski definition) is 1. The molecule has 1 aliphatic rings. The van der Waals surface area contributed by atoms with E-state index < -0.39 is 0 Å². The number of amides is 1. The van der Waals surface area contributed by atoms with Crippen LogP contribution in [0.25, 0.3) is 0 Å². The van der Waals surface area contributed by atoms with Crippen molar-refractivity contribution in [3.63, 3.8) is 0 Å². The monoisotopic (exact) mass is 279 g/mol. The molecular weight excluding hydrogens is 246 g/mol. The van der Waals surface area contributed by atoms with Crippen LogP contribution in [0.2, 0.25) is 0 Å². The molecule has 0 aromatic heterocycles. The van der Waals surface area contributed by atoms with Crippen molar-refractivity contribution >= 4 is 5.91 Å². The number of fused-ring (bicyclic) bond motifs is 1. The fourth-order valence-corrected chi connectivity index (χ4v) is 1.88. The fraction of sp³-hybridized carbons (Fsp3) is 0.611. The van der Waals surface area contributed by atoms with Crippen LogP contribution in [0.3, 0.4) is 0 Å². The number of rotatable bonds is 2. The number of primary amides is 1. The van der Waals surface area contributed by atoms with E-state index >= 15 is 0 Å². The first kappa shape index (κ1) is 18.7. The van der Waals surface area contributed by atoms with Crippen molar-refractivity contribution < 1.29 is 6.22 Å². The minimum absolute atomic E-state index is 0. The van der Waals surface area contributed by atoms with E-state index in [1.54, 1.807) is 11.1 Å². The fourth-order valence-electron chi connectivity index (χ4n) is 1.88. The zero-order valence-electron chi connectivity index (χ0n) is 13.6. The number of nitrogens with two attached hydrogens (primary N) is 1. The molecule has 1 aliphatic carbocycles. The van der Waals surface area contributed by atoms with Crippen LogP contribution >= 0.6 is 0 Å². The molecule has 0 heterocycles. The SMILES string of the molecule is CCC.CCC(C)C(N)=O.[HH].c1ccc2c(c1)CCCC2. The summed E-state index contributed by atoms with van der Waals surface area (Å²) in [5.41, 5.74) is 8.06. The van der Waals surface area contributed by atoms with E-state index in [1.807, 2.05) is 13.8 Å². The van der Waals surface area contributed by atoms with Gasteiger partial charge in [-0.2, -0.15) is 0 Å². The molecule has 20 heavy (non-hydrogen) atoms. The van der Waals surface area contributed by atoms with Crippen molar-refractivity contribution in [3.8, 4) is 0 Å². The van der Waals surface area contributed by atoms with Crippen LogP contribution < -0.4 is 5.73 Å². The van der Waals surface area contributed by atoms with Gasteiger partial charge in [0.1, 0.15) is 0 Å². The van der Waals surface area contributed by atoms with Crippen molar-refractivity contribution in [2.24, 2.45) is 11.7 Å². The highest BCUT2D eigenvalue weighted by atomic mass is 16.1. The second kappa shape index (κ2) is 11.5. The number of carbonyl (C=O) groups is 1. The minimum atomic E-state index is -0.206. The van der Waals surface area contributed by atoms with Gasteiger partial charge in [0, 0.05) is 7.34 Å². The van der Waals surface area contributed by atoms with Gasteiger partial charge in [-0.3, -0.25) is 4.79 Å². The summed E-state index contributed by atoms with van der Waals surface area (Å²) in [6.45, 7) is 8.01. The normalized spacial score (nSPS) is 13.8. The van der Waals surface area contributed by atoms with Gasteiger partial charge in [-0.05, 0) is 43.2 Å². The summed E-state index contributed by atoms with van der Waals surface area (Å²) in [4.78, 5) is 10.2. The van der Waals surface area contributed by atoms with Crippen molar-refractivity contribution in [1.82, 2.24) is 0 Å². The van der Waals surface area contributed by atoms with Crippen molar-refractivity contribution in [1.29, 1.82) is 0 Å². The van der Waals surface area contributed by atoms with Crippen LogP contribution in [0.5, 0.6) is 0 Å². The quantitative estimate of drug-likeness (QED) is 0.834. The standard InChI is InChI=1S/C10H12.C5H11NO.C3H8.H2/c1-2-6-10-8-4-3-7-9(10)5-1;1-3-4(2)5(6)7;1-3-2;/h1-2,5-6H,3-4,7-8H2;4H,3H2,1-2H3,(H2,6,7);3H2,1-2H3;1H. The Morgan fingerprint density at radius 3 is 1.80 bits per heavy atom. The highest BCUT2D eigenvalue weighted by Gasteiger charge is 2.06. The lowest BCUT2D eigenvalue weighted by Crippen LogP contribution is -2.19. The first-order valence-corrected chi connectivity index (χ1v) is 7.92. The molecule has 0 saturated heterocycles. The summed E-state index contributed by atoms with van der Waals surface area (Å²) in [5.74, 6) is -0.164. The van der Waals surface area contributed by atoms with E-state index in [4.69, 9.17) is 5.73 Å². The van der Waals surface area contributed by atoms with E-state index in [-0.39, 0.29) is 13.3 Å². The van der Waals surface area contributed by atoms with E-state index in [0.29, 0.717) is 0 Å². The summed E-state index contributed by atoms with van der Waals surface area (Å²) in [6.07, 6.45) is 7.47. The van der Waals surface area contributed by atoms with Crippen molar-refractivity contribution in [2.75, 3.05) is 0 Å². The van der Waals surface area contributed by atoms with Gasteiger partial charge in [-0.25, -0.2) is 0 Å². The van der Waals surface area contributed by atoms with Crippen LogP contribution in [0.15, 0.2) is 24.3 Å². The maximum absolute atomic E-state index is 10.2. The van der Waals surface area contributed by atoms with Crippen LogP contribution in [-0.2, 0) is 17.6 Å². The first-order chi connectivity index (χ1) is 9.56. The number of benzene rings is 1. The van der Waals surface area contributed by atoms with Crippen LogP contribution in [0.4, 0.5) is 0 Å². The van der Waals surface area contributed by atoms with Gasteiger partial charge in [0.15, 0.2) is 0 Å². The summed E-state index contributed by atoms with van der Waals surface area (Å²) in [7, 11) is 0. The summed E-state index contributed by atoms with van der Waals surface area (Å²) in [5, 5.41) is 0. The Kier molecular flexibility index (Phi) is 10.8. The maximum Gasteiger partial charge on any atom is 0.220 e. The summed E-state index contributed by atoms with van der Waals surface area (Å²) < 4.78 is 0. The van der Waals surface area contributed by atoms with Crippen LogP contribution in [-0.4, -0.2) is 5.91 Å². The van der Waals surface area contributed by atoms with Crippen LogP contribution in [0, 0.1) is 5.92 Å². The van der Waals surface area contributed by atoms with Gasteiger partial charge in [-0.15, -0.1) is 0 Å². The number of aryl methyl sites for hydroxylation is 2. The summed E-state index contributed by atoms with van der Waals surface area (Å²) >= 11 is 0. The van der Waals surface area contributed by atoms with Gasteiger partial charge < -0.3 is 5.73 Å². The molecule has 0 saturated carbocycles. The zero-order chi connectivity index (χ0) is 15.4. The lowest BCUT2D eigenvalue weighted by molar-refractivity contribution is -0.121. The molecule has 0 radical (unpaired) electrons. The van der Waals surface area contributed by atoms with Gasteiger partial charge in [0.25, 0.3) is 0 Å². The molecular formula is C18H33NO. The van der Waals surface area contributed by atoms with Gasteiger partial charge in [0.2, 0.25) is 5.91 Å². The molecule has 2 N–H and O–H groups in total. The second-order valence-corrected chi connectivity index (χ2v) is 5.39. The molecule has 1 aromatic rings. The molecule has 116 valence electrons. The van der Waals surface area contributed by atoms with E-state index in [9.17, 15) is 4.79 Å². The Bertz CT molecular complexity index is 354. The lowest BCUT2D eigenvalue weighted by atomic mass is 9.92. The topological polar surface area (TPSA) is 43.1 Å². The molecule has 2 heteroatoms. The number of hydrogen-bond acceptors (Lipinski definition) is 1. The maximum atomic E-state index is 10.2. The molecule has 2 nitrogen and oxygen atoms in total. The Hall–Kier alpha value is -1.31. The highest BCUT2D eigenvalue weighted by molar-refractivity contribution is 5.76. The molecule has 0 aliphatic heterocycles.